The van der Waals surface area contributed by atoms with Crippen molar-refractivity contribution < 1.29 is 8.78 Å². The molecule has 5 heteroatoms. The van der Waals surface area contributed by atoms with Gasteiger partial charge in [-0.2, -0.15) is 0 Å². The van der Waals surface area contributed by atoms with Crippen LogP contribution in [0.25, 0.3) is 0 Å². The fraction of sp³-hybridized carbons (Fsp3) is 0.143. The minimum atomic E-state index is -0.429. The second-order valence-corrected chi connectivity index (χ2v) is 5.75. The molecule has 0 aliphatic rings. The van der Waals surface area contributed by atoms with Crippen LogP contribution >= 0.6 is 34.2 Å². The van der Waals surface area contributed by atoms with Crippen LogP contribution in [0, 0.1) is 15.2 Å². The molecular weight excluding hydrogens is 383 g/mol. The first-order valence-corrected chi connectivity index (χ1v) is 7.08. The molecule has 0 spiro atoms. The van der Waals surface area contributed by atoms with Crippen LogP contribution in [-0.2, 0) is 6.42 Å². The van der Waals surface area contributed by atoms with Gasteiger partial charge in [-0.05, 0) is 58.8 Å². The van der Waals surface area contributed by atoms with Crippen LogP contribution in [0.3, 0.4) is 0 Å². The third-order valence-electron chi connectivity index (χ3n) is 2.85. The van der Waals surface area contributed by atoms with Crippen LogP contribution in [-0.4, -0.2) is 0 Å². The van der Waals surface area contributed by atoms with Gasteiger partial charge in [0.1, 0.15) is 11.6 Å². The smallest absolute Gasteiger partial charge is 0.127 e. The molecule has 2 aromatic rings. The van der Waals surface area contributed by atoms with E-state index in [0.29, 0.717) is 10.6 Å². The maximum atomic E-state index is 13.7. The lowest BCUT2D eigenvalue weighted by molar-refractivity contribution is 0.591. The van der Waals surface area contributed by atoms with Crippen LogP contribution < -0.4 is 5.73 Å². The largest absolute Gasteiger partial charge is 0.324 e. The summed E-state index contributed by atoms with van der Waals surface area (Å²) in [5.41, 5.74) is 7.23. The summed E-state index contributed by atoms with van der Waals surface area (Å²) >= 11 is 7.98. The Morgan fingerprint density at radius 2 is 1.95 bits per heavy atom. The SMILES string of the molecule is NC(Cc1c(F)cccc1Cl)c1ccc(F)cc1I. The third kappa shape index (κ3) is 3.43. The molecule has 1 atom stereocenters. The van der Waals surface area contributed by atoms with Crippen LogP contribution in [0.5, 0.6) is 0 Å². The van der Waals surface area contributed by atoms with Gasteiger partial charge >= 0.3 is 0 Å². The molecule has 0 fully saturated rings. The van der Waals surface area contributed by atoms with Crippen molar-refractivity contribution >= 4 is 34.2 Å². The highest BCUT2D eigenvalue weighted by molar-refractivity contribution is 14.1. The van der Waals surface area contributed by atoms with E-state index in [0.717, 1.165) is 9.13 Å². The number of nitrogens with two attached hydrogens (primary N) is 1. The second-order valence-electron chi connectivity index (χ2n) is 4.18. The van der Waals surface area contributed by atoms with Crippen molar-refractivity contribution in [3.63, 3.8) is 0 Å². The summed E-state index contributed by atoms with van der Waals surface area (Å²) in [7, 11) is 0. The quantitative estimate of drug-likeness (QED) is 0.765. The molecule has 19 heavy (non-hydrogen) atoms. The van der Waals surface area contributed by atoms with Gasteiger partial charge in [0.15, 0.2) is 0 Å². The lowest BCUT2D eigenvalue weighted by Gasteiger charge is -2.15. The molecule has 2 aromatic carbocycles. The van der Waals surface area contributed by atoms with Gasteiger partial charge in [-0.1, -0.05) is 23.7 Å². The Labute approximate surface area is 128 Å². The van der Waals surface area contributed by atoms with Gasteiger partial charge in [0.25, 0.3) is 0 Å². The lowest BCUT2D eigenvalue weighted by atomic mass is 9.99. The van der Waals surface area contributed by atoms with E-state index in [4.69, 9.17) is 17.3 Å². The Kier molecular flexibility index (Phi) is 4.76. The molecule has 0 aliphatic heterocycles. The number of halogens is 4. The number of hydrogen-bond acceptors (Lipinski definition) is 1. The predicted octanol–water partition coefficient (Wildman–Crippen LogP) is 4.47. The van der Waals surface area contributed by atoms with Crippen LogP contribution in [0.1, 0.15) is 17.2 Å². The molecular formula is C14H11ClF2IN. The van der Waals surface area contributed by atoms with E-state index in [9.17, 15) is 8.78 Å². The normalized spacial score (nSPS) is 12.5. The van der Waals surface area contributed by atoms with Gasteiger partial charge in [-0.15, -0.1) is 0 Å². The Hall–Kier alpha value is -0.720. The molecule has 0 heterocycles. The molecule has 2 rings (SSSR count). The van der Waals surface area contributed by atoms with E-state index in [-0.39, 0.29) is 18.1 Å². The van der Waals surface area contributed by atoms with Gasteiger partial charge in [0.2, 0.25) is 0 Å². The molecule has 0 saturated carbocycles. The first-order valence-electron chi connectivity index (χ1n) is 5.62. The summed E-state index contributed by atoms with van der Waals surface area (Å²) in [6.07, 6.45) is 0.271. The standard InChI is InChI=1S/C14H11ClF2IN/c15-11-2-1-3-12(17)10(11)7-14(19)9-5-4-8(16)6-13(9)18/h1-6,14H,7,19H2. The number of benzene rings is 2. The minimum absolute atomic E-state index is 0.271. The molecule has 0 saturated heterocycles. The Morgan fingerprint density at radius 3 is 2.58 bits per heavy atom. The highest BCUT2D eigenvalue weighted by Crippen LogP contribution is 2.27. The third-order valence-corrected chi connectivity index (χ3v) is 4.14. The summed E-state index contributed by atoms with van der Waals surface area (Å²) in [6, 6.07) is 8.47. The average molecular weight is 394 g/mol. The fourth-order valence-corrected chi connectivity index (χ4v) is 2.98. The molecule has 0 aromatic heterocycles. The maximum absolute atomic E-state index is 13.7. The first kappa shape index (κ1) is 14.7. The van der Waals surface area contributed by atoms with Crippen molar-refractivity contribution in [2.24, 2.45) is 5.73 Å². The fourth-order valence-electron chi connectivity index (χ4n) is 1.86. The molecule has 0 amide bonds. The van der Waals surface area contributed by atoms with Gasteiger partial charge < -0.3 is 5.73 Å². The second kappa shape index (κ2) is 6.15. The van der Waals surface area contributed by atoms with Crippen molar-refractivity contribution in [1.82, 2.24) is 0 Å². The maximum Gasteiger partial charge on any atom is 0.127 e. The molecule has 1 nitrogen and oxygen atoms in total. The highest BCUT2D eigenvalue weighted by Gasteiger charge is 2.15. The van der Waals surface area contributed by atoms with Crippen LogP contribution in [0.4, 0.5) is 8.78 Å². The summed E-state index contributed by atoms with van der Waals surface area (Å²) in [4.78, 5) is 0. The Morgan fingerprint density at radius 1 is 1.21 bits per heavy atom. The zero-order valence-electron chi connectivity index (χ0n) is 9.84. The lowest BCUT2D eigenvalue weighted by Crippen LogP contribution is -2.16. The monoisotopic (exact) mass is 393 g/mol. The Balaban J connectivity index is 2.28. The van der Waals surface area contributed by atoms with Crippen molar-refractivity contribution in [1.29, 1.82) is 0 Å². The predicted molar refractivity (Wildman–Crippen MR) is 81.2 cm³/mol. The number of hydrogen-bond donors (Lipinski definition) is 1. The molecule has 2 N–H and O–H groups in total. The molecule has 0 bridgehead atoms. The topological polar surface area (TPSA) is 26.0 Å². The average Bonchev–Trinajstić information content (AvgIpc) is 2.33. The first-order chi connectivity index (χ1) is 8.99. The molecule has 0 aliphatic carbocycles. The van der Waals surface area contributed by atoms with Crippen molar-refractivity contribution in [3.8, 4) is 0 Å². The van der Waals surface area contributed by atoms with E-state index in [1.165, 1.54) is 18.2 Å². The highest BCUT2D eigenvalue weighted by atomic mass is 127. The molecule has 1 unspecified atom stereocenters. The zero-order valence-corrected chi connectivity index (χ0v) is 12.8. The van der Waals surface area contributed by atoms with Crippen LogP contribution in [0.15, 0.2) is 36.4 Å². The number of rotatable bonds is 3. The summed E-state index contributed by atoms with van der Waals surface area (Å²) in [6.45, 7) is 0. The summed E-state index contributed by atoms with van der Waals surface area (Å²) in [5.74, 6) is -0.690. The van der Waals surface area contributed by atoms with E-state index < -0.39 is 6.04 Å². The van der Waals surface area contributed by atoms with E-state index >= 15 is 0 Å². The molecule has 100 valence electrons. The van der Waals surface area contributed by atoms with Gasteiger partial charge in [-0.25, -0.2) is 8.78 Å². The zero-order chi connectivity index (χ0) is 14.0. The van der Waals surface area contributed by atoms with Crippen molar-refractivity contribution in [2.45, 2.75) is 12.5 Å². The van der Waals surface area contributed by atoms with E-state index in [2.05, 4.69) is 0 Å². The van der Waals surface area contributed by atoms with Gasteiger partial charge in [0, 0.05) is 20.2 Å². The van der Waals surface area contributed by atoms with E-state index in [1.807, 2.05) is 22.6 Å². The summed E-state index contributed by atoms with van der Waals surface area (Å²) in [5, 5.41) is 0.354. The minimum Gasteiger partial charge on any atom is -0.324 e. The van der Waals surface area contributed by atoms with Crippen molar-refractivity contribution in [3.05, 3.63) is 67.8 Å². The van der Waals surface area contributed by atoms with Crippen LogP contribution in [0.2, 0.25) is 5.02 Å². The van der Waals surface area contributed by atoms with Crippen molar-refractivity contribution in [2.75, 3.05) is 0 Å². The van der Waals surface area contributed by atoms with Gasteiger partial charge in [0.05, 0.1) is 0 Å². The Bertz CT molecular complexity index is 584. The van der Waals surface area contributed by atoms with Gasteiger partial charge in [-0.3, -0.25) is 0 Å². The summed E-state index contributed by atoms with van der Waals surface area (Å²) < 4.78 is 27.4. The van der Waals surface area contributed by atoms with E-state index in [1.54, 1.807) is 18.2 Å². The molecule has 0 radical (unpaired) electrons.